The first kappa shape index (κ1) is 15.1. The summed E-state index contributed by atoms with van der Waals surface area (Å²) in [5.74, 6) is -0.499. The number of amides is 1. The topological polar surface area (TPSA) is 74.7 Å². The van der Waals surface area contributed by atoms with E-state index < -0.39 is 5.91 Å². The zero-order valence-corrected chi connectivity index (χ0v) is 13.3. The van der Waals surface area contributed by atoms with E-state index in [1.165, 1.54) is 25.7 Å². The summed E-state index contributed by atoms with van der Waals surface area (Å²) in [7, 11) is 0. The number of aromatic nitrogens is 1. The molecular weight excluding hydrogens is 294 g/mol. The Balaban J connectivity index is 1.53. The standard InChI is InChI=1S/C17H23N3O3/c21-16(19-22)13-7-12-4-6-20(9-14(12)18-8-13)15-3-1-2-5-17(15)10-23-11-17/h7-8,15,22H,1-6,9-11H2,(H,19,21)/t15-/m1/s1. The largest absolute Gasteiger partial charge is 0.380 e. The maximum absolute atomic E-state index is 11.5. The molecule has 3 aliphatic rings. The van der Waals surface area contributed by atoms with E-state index in [9.17, 15) is 4.79 Å². The van der Waals surface area contributed by atoms with Gasteiger partial charge in [-0.2, -0.15) is 0 Å². The van der Waals surface area contributed by atoms with E-state index >= 15 is 0 Å². The van der Waals surface area contributed by atoms with Crippen molar-refractivity contribution in [3.05, 3.63) is 29.1 Å². The molecular formula is C17H23N3O3. The molecule has 0 bridgehead atoms. The van der Waals surface area contributed by atoms with Crippen LogP contribution in [0, 0.1) is 5.41 Å². The summed E-state index contributed by atoms with van der Waals surface area (Å²) in [4.78, 5) is 18.6. The van der Waals surface area contributed by atoms with Crippen LogP contribution in [-0.2, 0) is 17.7 Å². The molecule has 2 fully saturated rings. The van der Waals surface area contributed by atoms with Gasteiger partial charge in [0.15, 0.2) is 0 Å². The Morgan fingerprint density at radius 2 is 2.30 bits per heavy atom. The van der Waals surface area contributed by atoms with Crippen LogP contribution in [0.5, 0.6) is 0 Å². The van der Waals surface area contributed by atoms with Gasteiger partial charge in [0.2, 0.25) is 0 Å². The smallest absolute Gasteiger partial charge is 0.276 e. The summed E-state index contributed by atoms with van der Waals surface area (Å²) >= 11 is 0. The first-order valence-electron chi connectivity index (χ1n) is 8.46. The maximum Gasteiger partial charge on any atom is 0.276 e. The highest BCUT2D eigenvalue weighted by Gasteiger charge is 2.49. The van der Waals surface area contributed by atoms with Crippen LogP contribution in [0.4, 0.5) is 0 Å². The first-order valence-corrected chi connectivity index (χ1v) is 8.46. The summed E-state index contributed by atoms with van der Waals surface area (Å²) < 4.78 is 5.55. The fraction of sp³-hybridized carbons (Fsp3) is 0.647. The number of nitrogens with zero attached hydrogens (tertiary/aromatic N) is 2. The Labute approximate surface area is 135 Å². The van der Waals surface area contributed by atoms with Gasteiger partial charge in [0.25, 0.3) is 5.91 Å². The summed E-state index contributed by atoms with van der Waals surface area (Å²) in [6, 6.07) is 2.45. The molecule has 1 aromatic heterocycles. The molecule has 1 aromatic rings. The molecule has 1 spiro atoms. The number of hydroxylamine groups is 1. The minimum atomic E-state index is -0.499. The Morgan fingerprint density at radius 3 is 3.04 bits per heavy atom. The van der Waals surface area contributed by atoms with Crippen LogP contribution in [-0.4, -0.2) is 46.8 Å². The number of pyridine rings is 1. The third-order valence-electron chi connectivity index (χ3n) is 5.77. The van der Waals surface area contributed by atoms with Gasteiger partial charge in [-0.3, -0.25) is 19.9 Å². The van der Waals surface area contributed by atoms with Crippen molar-refractivity contribution in [3.63, 3.8) is 0 Å². The van der Waals surface area contributed by atoms with E-state index in [1.807, 2.05) is 6.07 Å². The van der Waals surface area contributed by atoms with Crippen molar-refractivity contribution in [1.82, 2.24) is 15.4 Å². The van der Waals surface area contributed by atoms with Crippen molar-refractivity contribution in [1.29, 1.82) is 0 Å². The molecule has 6 heteroatoms. The fourth-order valence-corrected chi connectivity index (χ4v) is 4.45. The molecule has 6 nitrogen and oxygen atoms in total. The van der Waals surface area contributed by atoms with Crippen molar-refractivity contribution in [2.45, 2.75) is 44.7 Å². The molecule has 124 valence electrons. The average molecular weight is 317 g/mol. The molecule has 3 heterocycles. The molecule has 1 saturated heterocycles. The van der Waals surface area contributed by atoms with Crippen molar-refractivity contribution >= 4 is 5.91 Å². The predicted molar refractivity (Wildman–Crippen MR) is 83.1 cm³/mol. The second-order valence-electron chi connectivity index (χ2n) is 7.11. The van der Waals surface area contributed by atoms with Gasteiger partial charge in [-0.25, -0.2) is 5.48 Å². The Morgan fingerprint density at radius 1 is 1.43 bits per heavy atom. The van der Waals surface area contributed by atoms with Gasteiger partial charge in [0, 0.05) is 30.7 Å². The lowest BCUT2D eigenvalue weighted by Gasteiger charge is -2.54. The van der Waals surface area contributed by atoms with Gasteiger partial charge in [-0.1, -0.05) is 12.8 Å². The average Bonchev–Trinajstić information content (AvgIpc) is 2.58. The minimum absolute atomic E-state index is 0.368. The van der Waals surface area contributed by atoms with E-state index in [-0.39, 0.29) is 0 Å². The molecule has 0 radical (unpaired) electrons. The van der Waals surface area contributed by atoms with Gasteiger partial charge in [0.05, 0.1) is 24.5 Å². The number of nitrogens with one attached hydrogen (secondary N) is 1. The highest BCUT2D eigenvalue weighted by molar-refractivity contribution is 5.93. The Hall–Kier alpha value is -1.50. The van der Waals surface area contributed by atoms with Crippen LogP contribution in [0.1, 0.15) is 47.3 Å². The molecule has 23 heavy (non-hydrogen) atoms. The van der Waals surface area contributed by atoms with Crippen LogP contribution >= 0.6 is 0 Å². The maximum atomic E-state index is 11.5. The lowest BCUT2D eigenvalue weighted by molar-refractivity contribution is -0.172. The third-order valence-corrected chi connectivity index (χ3v) is 5.77. The summed E-state index contributed by atoms with van der Waals surface area (Å²) in [6.07, 6.45) is 7.62. The van der Waals surface area contributed by atoms with Crippen molar-refractivity contribution < 1.29 is 14.7 Å². The number of carbonyl (C=O) groups excluding carboxylic acids is 1. The van der Waals surface area contributed by atoms with E-state index in [2.05, 4.69) is 9.88 Å². The molecule has 2 N–H and O–H groups in total. The molecule has 0 unspecified atom stereocenters. The number of hydrogen-bond donors (Lipinski definition) is 2. The highest BCUT2D eigenvalue weighted by Crippen LogP contribution is 2.45. The van der Waals surface area contributed by atoms with Gasteiger partial charge < -0.3 is 4.74 Å². The predicted octanol–water partition coefficient (Wildman–Crippen LogP) is 1.52. The lowest BCUT2D eigenvalue weighted by Crippen LogP contribution is -2.60. The van der Waals surface area contributed by atoms with E-state index in [4.69, 9.17) is 9.94 Å². The first-order chi connectivity index (χ1) is 11.2. The van der Waals surface area contributed by atoms with Crippen LogP contribution in [0.3, 0.4) is 0 Å². The number of hydrogen-bond acceptors (Lipinski definition) is 5. The third kappa shape index (κ3) is 2.55. The monoisotopic (exact) mass is 317 g/mol. The van der Waals surface area contributed by atoms with E-state index in [0.717, 1.165) is 44.0 Å². The molecule has 4 rings (SSSR count). The van der Waals surface area contributed by atoms with Crippen molar-refractivity contribution in [2.75, 3.05) is 19.8 Å². The molecule has 1 aliphatic carbocycles. The fourth-order valence-electron chi connectivity index (χ4n) is 4.45. The Kier molecular flexibility index (Phi) is 3.83. The van der Waals surface area contributed by atoms with Crippen molar-refractivity contribution in [3.8, 4) is 0 Å². The van der Waals surface area contributed by atoms with Gasteiger partial charge in [-0.05, 0) is 30.9 Å². The van der Waals surface area contributed by atoms with Crippen LogP contribution in [0.2, 0.25) is 0 Å². The normalized spacial score (nSPS) is 26.4. The summed E-state index contributed by atoms with van der Waals surface area (Å²) in [6.45, 7) is 3.67. The molecule has 1 saturated carbocycles. The van der Waals surface area contributed by atoms with Crippen molar-refractivity contribution in [2.24, 2.45) is 5.41 Å². The SMILES string of the molecule is O=C(NO)c1cnc2c(c1)CCN([C@@H]1CCCCC13COC3)C2. The quantitative estimate of drug-likeness (QED) is 0.639. The highest BCUT2D eigenvalue weighted by atomic mass is 16.5. The van der Waals surface area contributed by atoms with E-state index in [0.29, 0.717) is 17.0 Å². The molecule has 1 atom stereocenters. The van der Waals surface area contributed by atoms with E-state index in [1.54, 1.807) is 11.7 Å². The number of fused-ring (bicyclic) bond motifs is 1. The summed E-state index contributed by atoms with van der Waals surface area (Å²) in [5.41, 5.74) is 4.64. The lowest BCUT2D eigenvalue weighted by atomic mass is 9.68. The van der Waals surface area contributed by atoms with Gasteiger partial charge in [-0.15, -0.1) is 0 Å². The second-order valence-corrected chi connectivity index (χ2v) is 7.11. The molecule has 1 amide bonds. The summed E-state index contributed by atoms with van der Waals surface area (Å²) in [5, 5.41) is 8.75. The minimum Gasteiger partial charge on any atom is -0.380 e. The molecule has 2 aliphatic heterocycles. The van der Waals surface area contributed by atoms with Crippen LogP contribution < -0.4 is 5.48 Å². The zero-order chi connectivity index (χ0) is 15.9. The number of rotatable bonds is 2. The van der Waals surface area contributed by atoms with Gasteiger partial charge in [0.1, 0.15) is 0 Å². The van der Waals surface area contributed by atoms with Crippen LogP contribution in [0.25, 0.3) is 0 Å². The van der Waals surface area contributed by atoms with Gasteiger partial charge >= 0.3 is 0 Å². The molecule has 0 aromatic carbocycles. The zero-order valence-electron chi connectivity index (χ0n) is 13.3. The Bertz CT molecular complexity index is 615. The second kappa shape index (κ2) is 5.85. The van der Waals surface area contributed by atoms with Crippen LogP contribution in [0.15, 0.2) is 12.3 Å². The number of ether oxygens (including phenoxy) is 1. The number of carbonyl (C=O) groups is 1.